The third-order valence-electron chi connectivity index (χ3n) is 2.78. The Kier molecular flexibility index (Phi) is 10.0. The molecule has 0 fully saturated rings. The van der Waals surface area contributed by atoms with Gasteiger partial charge in [-0.25, -0.2) is 0 Å². The zero-order valence-electron chi connectivity index (χ0n) is 11.5. The highest BCUT2D eigenvalue weighted by molar-refractivity contribution is 6.42. The monoisotopic (exact) mass is 338 g/mol. The lowest BCUT2D eigenvalue weighted by Gasteiger charge is -2.07. The van der Waals surface area contributed by atoms with Crippen LogP contribution in [0, 0.1) is 0 Å². The van der Waals surface area contributed by atoms with Crippen LogP contribution < -0.4 is 11.1 Å². The minimum absolute atomic E-state index is 0. The van der Waals surface area contributed by atoms with Crippen LogP contribution in [0.2, 0.25) is 10.0 Å². The van der Waals surface area contributed by atoms with E-state index < -0.39 is 0 Å². The van der Waals surface area contributed by atoms with Gasteiger partial charge in [0.25, 0.3) is 0 Å². The Bertz CT molecular complexity index is 425. The van der Waals surface area contributed by atoms with Gasteiger partial charge in [0.05, 0.1) is 10.0 Å². The van der Waals surface area contributed by atoms with Crippen molar-refractivity contribution in [3.05, 3.63) is 33.8 Å². The minimum Gasteiger partial charge on any atom is -0.356 e. The average Bonchev–Trinajstić information content (AvgIpc) is 2.33. The summed E-state index contributed by atoms with van der Waals surface area (Å²) in [5, 5.41) is 3.97. The zero-order valence-corrected chi connectivity index (χ0v) is 13.8. The summed E-state index contributed by atoms with van der Waals surface area (Å²) in [6, 6.07) is 5.68. The number of nitrogens with one attached hydrogen (secondary N) is 1. The molecule has 0 saturated heterocycles. The molecule has 20 heavy (non-hydrogen) atoms. The topological polar surface area (TPSA) is 55.1 Å². The maximum Gasteiger partial charge on any atom is 0.220 e. The SMILES string of the molecule is CC(N)CCNC(=O)CCCc1ccc(Cl)c(Cl)c1.Cl. The highest BCUT2D eigenvalue weighted by atomic mass is 35.5. The van der Waals surface area contributed by atoms with E-state index in [2.05, 4.69) is 5.32 Å². The van der Waals surface area contributed by atoms with Crippen molar-refractivity contribution in [1.29, 1.82) is 0 Å². The Morgan fingerprint density at radius 1 is 1.35 bits per heavy atom. The number of benzene rings is 1. The fourth-order valence-corrected chi connectivity index (χ4v) is 2.00. The van der Waals surface area contributed by atoms with E-state index in [1.807, 2.05) is 19.1 Å². The largest absolute Gasteiger partial charge is 0.356 e. The summed E-state index contributed by atoms with van der Waals surface area (Å²) in [6.45, 7) is 2.57. The third-order valence-corrected chi connectivity index (χ3v) is 3.51. The van der Waals surface area contributed by atoms with Gasteiger partial charge >= 0.3 is 0 Å². The number of amides is 1. The fourth-order valence-electron chi connectivity index (χ4n) is 1.68. The van der Waals surface area contributed by atoms with Crippen LogP contribution in [-0.4, -0.2) is 18.5 Å². The molecule has 1 atom stereocenters. The summed E-state index contributed by atoms with van der Waals surface area (Å²) in [5.41, 5.74) is 6.70. The molecule has 0 aromatic heterocycles. The van der Waals surface area contributed by atoms with Crippen molar-refractivity contribution in [2.24, 2.45) is 5.73 Å². The van der Waals surface area contributed by atoms with E-state index in [1.165, 1.54) is 0 Å². The molecule has 1 rings (SSSR count). The average molecular weight is 340 g/mol. The quantitative estimate of drug-likeness (QED) is 0.797. The second-order valence-corrected chi connectivity index (χ2v) is 5.53. The summed E-state index contributed by atoms with van der Waals surface area (Å²) in [7, 11) is 0. The van der Waals surface area contributed by atoms with E-state index in [9.17, 15) is 4.79 Å². The molecule has 0 saturated carbocycles. The molecule has 3 nitrogen and oxygen atoms in total. The van der Waals surface area contributed by atoms with Crippen LogP contribution in [0.15, 0.2) is 18.2 Å². The number of halogens is 3. The van der Waals surface area contributed by atoms with Crippen molar-refractivity contribution < 1.29 is 4.79 Å². The van der Waals surface area contributed by atoms with Gasteiger partial charge in [0, 0.05) is 19.0 Å². The van der Waals surface area contributed by atoms with Gasteiger partial charge in [-0.3, -0.25) is 4.79 Å². The van der Waals surface area contributed by atoms with Crippen molar-refractivity contribution >= 4 is 41.5 Å². The summed E-state index contributed by atoms with van der Waals surface area (Å²) in [6.07, 6.45) is 2.93. The standard InChI is InChI=1S/C14H20Cl2N2O.ClH/c1-10(17)7-8-18-14(19)4-2-3-11-5-6-12(15)13(16)9-11;/h5-6,9-10H,2-4,7-8,17H2,1H3,(H,18,19);1H. The van der Waals surface area contributed by atoms with Crippen molar-refractivity contribution in [3.63, 3.8) is 0 Å². The lowest BCUT2D eigenvalue weighted by molar-refractivity contribution is -0.121. The molecule has 1 unspecified atom stereocenters. The number of nitrogens with two attached hydrogens (primary N) is 1. The van der Waals surface area contributed by atoms with Gasteiger partial charge in [0.15, 0.2) is 0 Å². The molecular weight excluding hydrogens is 319 g/mol. The van der Waals surface area contributed by atoms with Crippen molar-refractivity contribution in [2.75, 3.05) is 6.54 Å². The maximum absolute atomic E-state index is 11.5. The molecule has 0 radical (unpaired) electrons. The number of carbonyl (C=O) groups excluding carboxylic acids is 1. The van der Waals surface area contributed by atoms with Crippen LogP contribution in [0.5, 0.6) is 0 Å². The first-order valence-electron chi connectivity index (χ1n) is 6.45. The van der Waals surface area contributed by atoms with Crippen molar-refractivity contribution in [1.82, 2.24) is 5.32 Å². The normalized spacial score (nSPS) is 11.6. The Morgan fingerprint density at radius 3 is 2.65 bits per heavy atom. The smallest absolute Gasteiger partial charge is 0.220 e. The first-order chi connectivity index (χ1) is 8.99. The number of hydrogen-bond acceptors (Lipinski definition) is 2. The summed E-state index contributed by atoms with van der Waals surface area (Å²) >= 11 is 11.8. The number of hydrogen-bond donors (Lipinski definition) is 2. The van der Waals surface area contributed by atoms with E-state index in [-0.39, 0.29) is 24.4 Å². The highest BCUT2D eigenvalue weighted by Crippen LogP contribution is 2.23. The highest BCUT2D eigenvalue weighted by Gasteiger charge is 2.03. The van der Waals surface area contributed by atoms with Gasteiger partial charge in [0.2, 0.25) is 5.91 Å². The Hall–Kier alpha value is -0.480. The summed E-state index contributed by atoms with van der Waals surface area (Å²) < 4.78 is 0. The van der Waals surface area contributed by atoms with Gasteiger partial charge in [-0.15, -0.1) is 12.4 Å². The van der Waals surface area contributed by atoms with Crippen molar-refractivity contribution in [3.8, 4) is 0 Å². The molecule has 1 aromatic rings. The van der Waals surface area contributed by atoms with Crippen LogP contribution in [-0.2, 0) is 11.2 Å². The molecule has 0 aliphatic rings. The Morgan fingerprint density at radius 2 is 2.05 bits per heavy atom. The molecule has 3 N–H and O–H groups in total. The van der Waals surface area contributed by atoms with Crippen LogP contribution in [0.25, 0.3) is 0 Å². The summed E-state index contributed by atoms with van der Waals surface area (Å²) in [5.74, 6) is 0.0701. The fraction of sp³-hybridized carbons (Fsp3) is 0.500. The Labute approximate surface area is 136 Å². The zero-order chi connectivity index (χ0) is 14.3. The lowest BCUT2D eigenvalue weighted by Crippen LogP contribution is -2.28. The molecule has 0 aliphatic carbocycles. The second kappa shape index (κ2) is 10.3. The number of carbonyl (C=O) groups is 1. The van der Waals surface area contributed by atoms with Gasteiger partial charge in [0.1, 0.15) is 0 Å². The molecular formula is C14H21Cl3N2O. The predicted octanol–water partition coefficient (Wildman–Crippen LogP) is 3.59. The molecule has 0 aliphatic heterocycles. The molecule has 0 bridgehead atoms. The van der Waals surface area contributed by atoms with Gasteiger partial charge < -0.3 is 11.1 Å². The minimum atomic E-state index is 0. The molecule has 1 amide bonds. The number of aryl methyl sites for hydroxylation is 1. The van der Waals surface area contributed by atoms with Crippen LogP contribution in [0.3, 0.4) is 0 Å². The van der Waals surface area contributed by atoms with E-state index in [1.54, 1.807) is 6.07 Å². The van der Waals surface area contributed by atoms with Gasteiger partial charge in [-0.2, -0.15) is 0 Å². The maximum atomic E-state index is 11.5. The predicted molar refractivity (Wildman–Crippen MR) is 87.9 cm³/mol. The van der Waals surface area contributed by atoms with E-state index >= 15 is 0 Å². The van der Waals surface area contributed by atoms with Gasteiger partial charge in [-0.1, -0.05) is 29.3 Å². The van der Waals surface area contributed by atoms with Gasteiger partial charge in [-0.05, 0) is 43.9 Å². The van der Waals surface area contributed by atoms with Crippen LogP contribution in [0.4, 0.5) is 0 Å². The third kappa shape index (κ3) is 7.95. The first kappa shape index (κ1) is 19.5. The van der Waals surface area contributed by atoms with E-state index in [4.69, 9.17) is 28.9 Å². The van der Waals surface area contributed by atoms with E-state index in [0.29, 0.717) is 23.0 Å². The molecule has 0 heterocycles. The second-order valence-electron chi connectivity index (χ2n) is 4.72. The van der Waals surface area contributed by atoms with Crippen LogP contribution in [0.1, 0.15) is 31.7 Å². The lowest BCUT2D eigenvalue weighted by atomic mass is 10.1. The molecule has 114 valence electrons. The van der Waals surface area contributed by atoms with Crippen molar-refractivity contribution in [2.45, 2.75) is 38.6 Å². The summed E-state index contributed by atoms with van der Waals surface area (Å²) in [4.78, 5) is 11.5. The molecule has 1 aromatic carbocycles. The molecule has 0 spiro atoms. The number of rotatable bonds is 7. The molecule has 6 heteroatoms. The Balaban J connectivity index is 0.00000361. The van der Waals surface area contributed by atoms with E-state index in [0.717, 1.165) is 24.8 Å². The van der Waals surface area contributed by atoms with Crippen LogP contribution >= 0.6 is 35.6 Å². The first-order valence-corrected chi connectivity index (χ1v) is 7.21.